The van der Waals surface area contributed by atoms with Crippen LogP contribution < -0.4 is 5.43 Å². The maximum Gasteiger partial charge on any atom is 0.240 e. The highest BCUT2D eigenvalue weighted by Crippen LogP contribution is 2.10. The van der Waals surface area contributed by atoms with Gasteiger partial charge in [-0.2, -0.15) is 5.10 Å². The van der Waals surface area contributed by atoms with Crippen molar-refractivity contribution in [1.29, 1.82) is 0 Å². The molecule has 0 aromatic heterocycles. The SMILES string of the molecule is CCCCCCCCCCC(=O)NN=Cc1cccc(Cl)c1. The zero-order valence-corrected chi connectivity index (χ0v) is 14.2. The summed E-state index contributed by atoms with van der Waals surface area (Å²) in [6.45, 7) is 2.23. The number of carbonyl (C=O) groups is 1. The molecule has 1 aromatic rings. The lowest BCUT2D eigenvalue weighted by molar-refractivity contribution is -0.121. The second-order valence-corrected chi connectivity index (χ2v) is 6.01. The number of benzene rings is 1. The Labute approximate surface area is 139 Å². The third kappa shape index (κ3) is 9.56. The summed E-state index contributed by atoms with van der Waals surface area (Å²) in [5, 5.41) is 4.61. The number of hydrazone groups is 1. The van der Waals surface area contributed by atoms with Crippen molar-refractivity contribution >= 4 is 23.7 Å². The van der Waals surface area contributed by atoms with E-state index in [0.717, 1.165) is 18.4 Å². The summed E-state index contributed by atoms with van der Waals surface area (Å²) in [4.78, 5) is 11.6. The largest absolute Gasteiger partial charge is 0.273 e. The van der Waals surface area contributed by atoms with E-state index in [1.165, 1.54) is 38.5 Å². The predicted molar refractivity (Wildman–Crippen MR) is 94.4 cm³/mol. The van der Waals surface area contributed by atoms with Gasteiger partial charge in [-0.05, 0) is 24.1 Å². The number of nitrogens with one attached hydrogen (secondary N) is 1. The number of hydrogen-bond acceptors (Lipinski definition) is 2. The molecule has 0 fully saturated rings. The lowest BCUT2D eigenvalue weighted by atomic mass is 10.1. The summed E-state index contributed by atoms with van der Waals surface area (Å²) in [5.41, 5.74) is 3.43. The van der Waals surface area contributed by atoms with Crippen molar-refractivity contribution < 1.29 is 4.79 Å². The molecule has 1 rings (SSSR count). The Bertz CT molecular complexity index is 460. The number of amides is 1. The molecule has 0 saturated carbocycles. The van der Waals surface area contributed by atoms with Crippen LogP contribution in [0.1, 0.15) is 70.3 Å². The molecule has 0 spiro atoms. The molecule has 4 heteroatoms. The first-order chi connectivity index (χ1) is 10.7. The lowest BCUT2D eigenvalue weighted by Crippen LogP contribution is -2.16. The van der Waals surface area contributed by atoms with Gasteiger partial charge in [0.15, 0.2) is 0 Å². The van der Waals surface area contributed by atoms with E-state index < -0.39 is 0 Å². The van der Waals surface area contributed by atoms with E-state index in [0.29, 0.717) is 11.4 Å². The standard InChI is InChI=1S/C18H27ClN2O/c1-2-3-4-5-6-7-8-9-13-18(22)21-20-15-16-11-10-12-17(19)14-16/h10-12,14-15H,2-9,13H2,1H3,(H,21,22). The summed E-state index contributed by atoms with van der Waals surface area (Å²) in [5.74, 6) is -0.0238. The average molecular weight is 323 g/mol. The Balaban J connectivity index is 2.04. The van der Waals surface area contributed by atoms with Crippen LogP contribution in [0.5, 0.6) is 0 Å². The molecule has 0 atom stereocenters. The van der Waals surface area contributed by atoms with Crippen LogP contribution in [0.15, 0.2) is 29.4 Å². The van der Waals surface area contributed by atoms with Crippen molar-refractivity contribution in [3.8, 4) is 0 Å². The maximum atomic E-state index is 11.6. The Morgan fingerprint density at radius 2 is 1.82 bits per heavy atom. The second-order valence-electron chi connectivity index (χ2n) is 5.57. The van der Waals surface area contributed by atoms with Crippen molar-refractivity contribution in [1.82, 2.24) is 5.43 Å². The Morgan fingerprint density at radius 1 is 1.14 bits per heavy atom. The fourth-order valence-electron chi connectivity index (χ4n) is 2.24. The lowest BCUT2D eigenvalue weighted by Gasteiger charge is -2.01. The molecular weight excluding hydrogens is 296 g/mol. The summed E-state index contributed by atoms with van der Waals surface area (Å²) < 4.78 is 0. The van der Waals surface area contributed by atoms with Gasteiger partial charge in [0, 0.05) is 11.4 Å². The van der Waals surface area contributed by atoms with Crippen LogP contribution >= 0.6 is 11.6 Å². The maximum absolute atomic E-state index is 11.6. The Morgan fingerprint density at radius 3 is 2.50 bits per heavy atom. The van der Waals surface area contributed by atoms with Crippen LogP contribution in [-0.2, 0) is 4.79 Å². The van der Waals surface area contributed by atoms with Crippen molar-refractivity contribution in [2.45, 2.75) is 64.7 Å². The molecule has 0 aliphatic heterocycles. The number of halogens is 1. The number of carbonyl (C=O) groups excluding carboxylic acids is 1. The van der Waals surface area contributed by atoms with E-state index >= 15 is 0 Å². The molecule has 3 nitrogen and oxygen atoms in total. The topological polar surface area (TPSA) is 41.5 Å². The average Bonchev–Trinajstić information content (AvgIpc) is 2.50. The van der Waals surface area contributed by atoms with Crippen molar-refractivity contribution in [2.24, 2.45) is 5.10 Å². The summed E-state index contributed by atoms with van der Waals surface area (Å²) >= 11 is 5.88. The van der Waals surface area contributed by atoms with Crippen LogP contribution in [0, 0.1) is 0 Å². The predicted octanol–water partition coefficient (Wildman–Crippen LogP) is 5.32. The molecule has 122 valence electrons. The fourth-order valence-corrected chi connectivity index (χ4v) is 2.44. The van der Waals surface area contributed by atoms with Crippen LogP contribution in [0.25, 0.3) is 0 Å². The molecule has 1 N–H and O–H groups in total. The van der Waals surface area contributed by atoms with Gasteiger partial charge in [0.2, 0.25) is 5.91 Å². The van der Waals surface area contributed by atoms with Crippen LogP contribution in [-0.4, -0.2) is 12.1 Å². The first kappa shape index (κ1) is 18.7. The fraction of sp³-hybridized carbons (Fsp3) is 0.556. The number of nitrogens with zero attached hydrogens (tertiary/aromatic N) is 1. The van der Waals surface area contributed by atoms with Gasteiger partial charge in [0.1, 0.15) is 0 Å². The number of hydrogen-bond donors (Lipinski definition) is 1. The minimum atomic E-state index is -0.0238. The summed E-state index contributed by atoms with van der Waals surface area (Å²) in [6.07, 6.45) is 12.0. The van der Waals surface area contributed by atoms with Crippen molar-refractivity contribution in [3.05, 3.63) is 34.9 Å². The number of rotatable bonds is 11. The Hall–Kier alpha value is -1.35. The zero-order chi connectivity index (χ0) is 16.0. The van der Waals surface area contributed by atoms with Crippen LogP contribution in [0.4, 0.5) is 0 Å². The molecule has 0 unspecified atom stereocenters. The van der Waals surface area contributed by atoms with Crippen LogP contribution in [0.2, 0.25) is 5.02 Å². The summed E-state index contributed by atoms with van der Waals surface area (Å²) in [6, 6.07) is 7.35. The van der Waals surface area contributed by atoms with Gasteiger partial charge < -0.3 is 0 Å². The van der Waals surface area contributed by atoms with Crippen LogP contribution in [0.3, 0.4) is 0 Å². The minimum Gasteiger partial charge on any atom is -0.273 e. The molecule has 0 aliphatic carbocycles. The molecular formula is C18H27ClN2O. The third-order valence-electron chi connectivity index (χ3n) is 3.51. The van der Waals surface area contributed by atoms with Gasteiger partial charge in [-0.3, -0.25) is 4.79 Å². The molecule has 0 bridgehead atoms. The van der Waals surface area contributed by atoms with Crippen molar-refractivity contribution in [3.63, 3.8) is 0 Å². The van der Waals surface area contributed by atoms with E-state index in [2.05, 4.69) is 17.5 Å². The minimum absolute atomic E-state index is 0.0238. The highest BCUT2D eigenvalue weighted by Gasteiger charge is 1.99. The molecule has 0 radical (unpaired) electrons. The van der Waals surface area contributed by atoms with Gasteiger partial charge in [-0.25, -0.2) is 5.43 Å². The smallest absolute Gasteiger partial charge is 0.240 e. The van der Waals surface area contributed by atoms with Gasteiger partial charge in [-0.1, -0.05) is 75.6 Å². The van der Waals surface area contributed by atoms with E-state index in [9.17, 15) is 4.79 Å². The molecule has 0 heterocycles. The molecule has 0 aliphatic rings. The highest BCUT2D eigenvalue weighted by atomic mass is 35.5. The van der Waals surface area contributed by atoms with Gasteiger partial charge in [-0.15, -0.1) is 0 Å². The monoisotopic (exact) mass is 322 g/mol. The van der Waals surface area contributed by atoms with E-state index in [1.54, 1.807) is 18.3 Å². The van der Waals surface area contributed by atoms with E-state index in [1.807, 2.05) is 12.1 Å². The third-order valence-corrected chi connectivity index (χ3v) is 3.74. The van der Waals surface area contributed by atoms with Gasteiger partial charge in [0.25, 0.3) is 0 Å². The first-order valence-corrected chi connectivity index (χ1v) is 8.67. The Kier molecular flexibility index (Phi) is 10.4. The quantitative estimate of drug-likeness (QED) is 0.334. The first-order valence-electron chi connectivity index (χ1n) is 8.30. The second kappa shape index (κ2) is 12.2. The highest BCUT2D eigenvalue weighted by molar-refractivity contribution is 6.30. The van der Waals surface area contributed by atoms with Crippen molar-refractivity contribution in [2.75, 3.05) is 0 Å². The summed E-state index contributed by atoms with van der Waals surface area (Å²) in [7, 11) is 0. The molecule has 22 heavy (non-hydrogen) atoms. The molecule has 1 aromatic carbocycles. The van der Waals surface area contributed by atoms with Gasteiger partial charge >= 0.3 is 0 Å². The number of unbranched alkanes of at least 4 members (excludes halogenated alkanes) is 7. The molecule has 1 amide bonds. The van der Waals surface area contributed by atoms with E-state index in [-0.39, 0.29) is 5.91 Å². The molecule has 0 saturated heterocycles. The van der Waals surface area contributed by atoms with Gasteiger partial charge in [0.05, 0.1) is 6.21 Å². The zero-order valence-electron chi connectivity index (χ0n) is 13.5. The normalized spacial score (nSPS) is 11.0. The van der Waals surface area contributed by atoms with E-state index in [4.69, 9.17) is 11.6 Å².